The Bertz CT molecular complexity index is 603. The molecule has 0 spiro atoms. The Hall–Kier alpha value is -2.17. The van der Waals surface area contributed by atoms with E-state index in [1.165, 1.54) is 17.2 Å². The van der Waals surface area contributed by atoms with Crippen molar-refractivity contribution < 1.29 is 14.0 Å². The van der Waals surface area contributed by atoms with Crippen LogP contribution in [0.15, 0.2) is 73.3 Å². The molecule has 2 aromatic rings. The van der Waals surface area contributed by atoms with Crippen LogP contribution >= 0.6 is 0 Å². The van der Waals surface area contributed by atoms with E-state index in [1.807, 2.05) is 12.1 Å². The van der Waals surface area contributed by atoms with Crippen molar-refractivity contribution in [2.75, 3.05) is 6.61 Å². The summed E-state index contributed by atoms with van der Waals surface area (Å²) in [5.41, 5.74) is 2.55. The van der Waals surface area contributed by atoms with Gasteiger partial charge in [0.15, 0.2) is 9.76 Å². The van der Waals surface area contributed by atoms with Crippen LogP contribution in [0.5, 0.6) is 0 Å². The van der Waals surface area contributed by atoms with Gasteiger partial charge in [-0.2, -0.15) is 0 Å². The molecule has 0 amide bonds. The van der Waals surface area contributed by atoms with E-state index in [0.29, 0.717) is 6.61 Å². The highest BCUT2D eigenvalue weighted by atomic mass is 28.2. The van der Waals surface area contributed by atoms with Gasteiger partial charge in [-0.3, -0.25) is 0 Å². The first-order valence-electron chi connectivity index (χ1n) is 8.73. The third-order valence-corrected chi connectivity index (χ3v) is 5.67. The molecule has 0 bridgehead atoms. The smallest absolute Gasteiger partial charge is 0.330 e. The van der Waals surface area contributed by atoms with E-state index >= 15 is 0 Å². The highest BCUT2D eigenvalue weighted by Crippen LogP contribution is 2.29. The molecule has 0 saturated heterocycles. The van der Waals surface area contributed by atoms with Crippen LogP contribution in [0, 0.1) is 0 Å². The van der Waals surface area contributed by atoms with Crippen LogP contribution in [0.1, 0.15) is 30.4 Å². The lowest BCUT2D eigenvalue weighted by molar-refractivity contribution is -0.137. The summed E-state index contributed by atoms with van der Waals surface area (Å²) in [6.07, 6.45) is 2.16. The number of carbonyl (C=O) groups excluding carboxylic acids is 1. The van der Waals surface area contributed by atoms with E-state index in [-0.39, 0.29) is 18.0 Å². The third-order valence-electron chi connectivity index (χ3n) is 4.12. The molecule has 0 aliphatic rings. The number of ether oxygens (including phenoxy) is 1. The second-order valence-corrected chi connectivity index (χ2v) is 7.40. The van der Waals surface area contributed by atoms with E-state index in [4.69, 9.17) is 9.16 Å². The van der Waals surface area contributed by atoms with Gasteiger partial charge < -0.3 is 9.16 Å². The Labute approximate surface area is 152 Å². The van der Waals surface area contributed by atoms with Gasteiger partial charge in [0, 0.05) is 12.0 Å². The Kier molecular flexibility index (Phi) is 8.15. The maximum atomic E-state index is 11.0. The maximum Gasteiger partial charge on any atom is 0.330 e. The predicted molar refractivity (Wildman–Crippen MR) is 104 cm³/mol. The van der Waals surface area contributed by atoms with Gasteiger partial charge in [0.2, 0.25) is 0 Å². The average Bonchev–Trinajstić information content (AvgIpc) is 2.66. The molecule has 0 saturated carbocycles. The fraction of sp³-hybridized carbons (Fsp3) is 0.286. The van der Waals surface area contributed by atoms with Gasteiger partial charge >= 0.3 is 5.97 Å². The Morgan fingerprint density at radius 2 is 1.64 bits per heavy atom. The largest absolute Gasteiger partial charge is 0.463 e. The summed E-state index contributed by atoms with van der Waals surface area (Å²) < 4.78 is 11.2. The van der Waals surface area contributed by atoms with E-state index < -0.39 is 9.76 Å². The molecule has 0 aromatic heterocycles. The van der Waals surface area contributed by atoms with E-state index in [0.717, 1.165) is 12.5 Å². The fourth-order valence-corrected chi connectivity index (χ4v) is 4.00. The molecule has 3 nitrogen and oxygen atoms in total. The van der Waals surface area contributed by atoms with Crippen LogP contribution in [0.25, 0.3) is 0 Å². The zero-order valence-corrected chi connectivity index (χ0v) is 16.2. The molecule has 4 heteroatoms. The summed E-state index contributed by atoms with van der Waals surface area (Å²) in [5.74, 6) is -0.127. The predicted octanol–water partition coefficient (Wildman–Crippen LogP) is 3.85. The molecule has 2 aromatic carbocycles. The first-order valence-corrected chi connectivity index (χ1v) is 10.3. The van der Waals surface area contributed by atoms with Crippen LogP contribution in [-0.4, -0.2) is 28.4 Å². The van der Waals surface area contributed by atoms with Crippen molar-refractivity contribution >= 4 is 15.7 Å². The third kappa shape index (κ3) is 6.33. The number of hydrogen-bond acceptors (Lipinski definition) is 3. The van der Waals surface area contributed by atoms with Gasteiger partial charge in [-0.25, -0.2) is 4.79 Å². The normalized spacial score (nSPS) is 12.4. The number of benzene rings is 2. The lowest BCUT2D eigenvalue weighted by atomic mass is 9.87. The Morgan fingerprint density at radius 1 is 1.08 bits per heavy atom. The number of hydrogen-bond donors (Lipinski definition) is 0. The van der Waals surface area contributed by atoms with Crippen molar-refractivity contribution in [3.8, 4) is 0 Å². The van der Waals surface area contributed by atoms with E-state index in [1.54, 1.807) is 0 Å². The van der Waals surface area contributed by atoms with Crippen LogP contribution < -0.4 is 0 Å². The van der Waals surface area contributed by atoms with Crippen molar-refractivity contribution in [3.63, 3.8) is 0 Å². The number of rotatable bonds is 10. The lowest BCUT2D eigenvalue weighted by Gasteiger charge is -2.26. The van der Waals surface area contributed by atoms with Crippen LogP contribution in [0.3, 0.4) is 0 Å². The molecule has 0 fully saturated rings. The molecule has 1 atom stereocenters. The number of esters is 1. The molecule has 0 aliphatic heterocycles. The summed E-state index contributed by atoms with van der Waals surface area (Å²) in [6.45, 7) is 5.97. The minimum atomic E-state index is -0.657. The Morgan fingerprint density at radius 3 is 2.16 bits per heavy atom. The number of carbonyl (C=O) groups is 1. The standard InChI is InChI=1S/C21H26O3Si/c1-3-20(22)23-15-10-16-25-24-17(2)21(18-11-6-4-7-12-18)19-13-8-5-9-14-19/h3-9,11-14,17,21H,1,10,15-16,25H2,2H3. The second-order valence-electron chi connectivity index (χ2n) is 5.95. The second kappa shape index (κ2) is 10.6. The fourth-order valence-electron chi connectivity index (χ4n) is 2.86. The van der Waals surface area contributed by atoms with Crippen molar-refractivity contribution in [1.29, 1.82) is 0 Å². The molecule has 0 N–H and O–H groups in total. The molecule has 132 valence electrons. The van der Waals surface area contributed by atoms with Gasteiger partial charge in [-0.1, -0.05) is 67.2 Å². The van der Waals surface area contributed by atoms with Crippen LogP contribution in [0.4, 0.5) is 0 Å². The summed E-state index contributed by atoms with van der Waals surface area (Å²) in [6, 6.07) is 22.0. The summed E-state index contributed by atoms with van der Waals surface area (Å²) in [7, 11) is -0.657. The average molecular weight is 355 g/mol. The summed E-state index contributed by atoms with van der Waals surface area (Å²) >= 11 is 0. The first kappa shape index (κ1) is 19.2. The molecule has 25 heavy (non-hydrogen) atoms. The topological polar surface area (TPSA) is 35.5 Å². The Balaban J connectivity index is 1.90. The molecular formula is C21H26O3Si. The van der Waals surface area contributed by atoms with Crippen molar-refractivity contribution in [2.45, 2.75) is 31.4 Å². The van der Waals surface area contributed by atoms with Gasteiger partial charge in [0.1, 0.15) is 0 Å². The minimum absolute atomic E-state index is 0.118. The zero-order valence-electron chi connectivity index (χ0n) is 14.8. The molecule has 0 radical (unpaired) electrons. The minimum Gasteiger partial charge on any atom is -0.463 e. The van der Waals surface area contributed by atoms with E-state index in [2.05, 4.69) is 62.0 Å². The molecule has 0 aliphatic carbocycles. The van der Waals surface area contributed by atoms with Crippen molar-refractivity contribution in [3.05, 3.63) is 84.4 Å². The highest BCUT2D eigenvalue weighted by molar-refractivity contribution is 6.27. The van der Waals surface area contributed by atoms with Gasteiger partial charge in [-0.05, 0) is 30.5 Å². The summed E-state index contributed by atoms with van der Waals surface area (Å²) in [4.78, 5) is 11.0. The monoisotopic (exact) mass is 354 g/mol. The van der Waals surface area contributed by atoms with Crippen molar-refractivity contribution in [2.24, 2.45) is 0 Å². The first-order chi connectivity index (χ1) is 12.2. The zero-order chi connectivity index (χ0) is 17.9. The summed E-state index contributed by atoms with van der Waals surface area (Å²) in [5, 5.41) is 0. The van der Waals surface area contributed by atoms with Gasteiger partial charge in [0.05, 0.1) is 12.7 Å². The van der Waals surface area contributed by atoms with E-state index in [9.17, 15) is 4.79 Å². The van der Waals surface area contributed by atoms with Crippen LogP contribution in [0.2, 0.25) is 6.04 Å². The lowest BCUT2D eigenvalue weighted by Crippen LogP contribution is -2.22. The molecule has 2 rings (SSSR count). The molecular weight excluding hydrogens is 328 g/mol. The van der Waals surface area contributed by atoms with Gasteiger partial charge in [-0.15, -0.1) is 0 Å². The molecule has 0 heterocycles. The van der Waals surface area contributed by atoms with Crippen LogP contribution in [-0.2, 0) is 14.0 Å². The maximum absolute atomic E-state index is 11.0. The molecule has 1 unspecified atom stereocenters. The quantitative estimate of drug-likeness (QED) is 0.281. The van der Waals surface area contributed by atoms with Crippen molar-refractivity contribution in [1.82, 2.24) is 0 Å². The SMILES string of the molecule is C=CC(=O)OCCC[SiH2]OC(C)C(c1ccccc1)c1ccccc1. The van der Waals surface area contributed by atoms with Gasteiger partial charge in [0.25, 0.3) is 0 Å². The highest BCUT2D eigenvalue weighted by Gasteiger charge is 2.21.